The molecule has 1 aliphatic heterocycles. The number of nitrogens with one attached hydrogen (secondary N) is 1. The summed E-state index contributed by atoms with van der Waals surface area (Å²) in [6.45, 7) is 9.42. The standard InChI is InChI=1S/C16H24F2N2/c1-11(2)10-14(20-8-6-19-7-9-20)13-5-4-12(3)15(17)16(13)18/h4-5,11,14,19H,6-10H2,1-3H3/t14-/m0/s1. The lowest BCUT2D eigenvalue weighted by Gasteiger charge is -2.36. The fraction of sp³-hybridized carbons (Fsp3) is 0.625. The fourth-order valence-electron chi connectivity index (χ4n) is 2.83. The minimum Gasteiger partial charge on any atom is -0.314 e. The highest BCUT2D eigenvalue weighted by Gasteiger charge is 2.27. The van der Waals surface area contributed by atoms with Crippen molar-refractivity contribution in [3.63, 3.8) is 0 Å². The predicted molar refractivity (Wildman–Crippen MR) is 77.7 cm³/mol. The van der Waals surface area contributed by atoms with Crippen molar-refractivity contribution in [3.8, 4) is 0 Å². The molecule has 0 amide bonds. The van der Waals surface area contributed by atoms with Crippen molar-refractivity contribution >= 4 is 0 Å². The lowest BCUT2D eigenvalue weighted by atomic mass is 9.93. The second kappa shape index (κ2) is 6.64. The van der Waals surface area contributed by atoms with Crippen LogP contribution in [0.3, 0.4) is 0 Å². The highest BCUT2D eigenvalue weighted by atomic mass is 19.2. The van der Waals surface area contributed by atoms with Crippen molar-refractivity contribution < 1.29 is 8.78 Å². The third kappa shape index (κ3) is 3.36. The Morgan fingerprint density at radius 3 is 2.40 bits per heavy atom. The Bertz CT molecular complexity index is 454. The molecule has 0 saturated carbocycles. The van der Waals surface area contributed by atoms with Gasteiger partial charge in [-0.15, -0.1) is 0 Å². The minimum atomic E-state index is -0.702. The number of rotatable bonds is 4. The molecule has 0 bridgehead atoms. The Hall–Kier alpha value is -1.00. The highest BCUT2D eigenvalue weighted by Crippen LogP contribution is 2.31. The summed E-state index contributed by atoms with van der Waals surface area (Å²) >= 11 is 0. The second-order valence-electron chi connectivity index (χ2n) is 6.03. The zero-order valence-electron chi connectivity index (χ0n) is 12.5. The average molecular weight is 282 g/mol. The molecule has 2 nitrogen and oxygen atoms in total. The van der Waals surface area contributed by atoms with E-state index in [0.717, 1.165) is 32.6 Å². The van der Waals surface area contributed by atoms with Crippen LogP contribution < -0.4 is 5.32 Å². The van der Waals surface area contributed by atoms with Gasteiger partial charge in [0.25, 0.3) is 0 Å². The molecule has 20 heavy (non-hydrogen) atoms. The summed E-state index contributed by atoms with van der Waals surface area (Å²) in [5, 5.41) is 3.30. The average Bonchev–Trinajstić information content (AvgIpc) is 2.44. The largest absolute Gasteiger partial charge is 0.314 e. The molecule has 0 radical (unpaired) electrons. The Morgan fingerprint density at radius 1 is 1.15 bits per heavy atom. The molecule has 0 aromatic heterocycles. The zero-order valence-corrected chi connectivity index (χ0v) is 12.5. The van der Waals surface area contributed by atoms with E-state index < -0.39 is 11.6 Å². The van der Waals surface area contributed by atoms with Crippen molar-refractivity contribution in [3.05, 3.63) is 34.9 Å². The minimum absolute atomic E-state index is 0.0350. The van der Waals surface area contributed by atoms with E-state index in [1.807, 2.05) is 0 Å². The van der Waals surface area contributed by atoms with Crippen LogP contribution in [0.15, 0.2) is 12.1 Å². The second-order valence-corrected chi connectivity index (χ2v) is 6.03. The normalized spacial score (nSPS) is 18.5. The smallest absolute Gasteiger partial charge is 0.163 e. The SMILES string of the molecule is Cc1ccc([C@H](CC(C)C)N2CCNCC2)c(F)c1F. The third-order valence-corrected chi connectivity index (χ3v) is 3.95. The van der Waals surface area contributed by atoms with Crippen LogP contribution in [0, 0.1) is 24.5 Å². The molecular formula is C16H24F2N2. The third-order valence-electron chi connectivity index (χ3n) is 3.95. The summed E-state index contributed by atoms with van der Waals surface area (Å²) in [7, 11) is 0. The molecule has 1 saturated heterocycles. The van der Waals surface area contributed by atoms with E-state index in [-0.39, 0.29) is 6.04 Å². The molecule has 1 aromatic carbocycles. The van der Waals surface area contributed by atoms with Gasteiger partial charge in [-0.05, 0) is 24.8 Å². The van der Waals surface area contributed by atoms with Gasteiger partial charge < -0.3 is 5.32 Å². The van der Waals surface area contributed by atoms with Gasteiger partial charge in [-0.1, -0.05) is 26.0 Å². The molecule has 112 valence electrons. The summed E-state index contributed by atoms with van der Waals surface area (Å²) in [4.78, 5) is 2.27. The molecule has 1 fully saturated rings. The Balaban J connectivity index is 2.32. The summed E-state index contributed by atoms with van der Waals surface area (Å²) < 4.78 is 28.2. The molecule has 0 unspecified atom stereocenters. The molecule has 4 heteroatoms. The van der Waals surface area contributed by atoms with Gasteiger partial charge in [0.2, 0.25) is 0 Å². The Morgan fingerprint density at radius 2 is 1.80 bits per heavy atom. The summed E-state index contributed by atoms with van der Waals surface area (Å²) in [5.74, 6) is -0.931. The van der Waals surface area contributed by atoms with Crippen LogP contribution >= 0.6 is 0 Å². The van der Waals surface area contributed by atoms with Gasteiger partial charge in [0.1, 0.15) is 0 Å². The number of piperazine rings is 1. The van der Waals surface area contributed by atoms with E-state index in [2.05, 4.69) is 24.1 Å². The first-order valence-corrected chi connectivity index (χ1v) is 7.40. The number of hydrogen-bond donors (Lipinski definition) is 1. The van der Waals surface area contributed by atoms with Gasteiger partial charge in [0.15, 0.2) is 11.6 Å². The van der Waals surface area contributed by atoms with Crippen LogP contribution in [-0.2, 0) is 0 Å². The molecule has 1 heterocycles. The number of hydrogen-bond acceptors (Lipinski definition) is 2. The first-order chi connectivity index (χ1) is 9.50. The molecule has 1 atom stereocenters. The van der Waals surface area contributed by atoms with Gasteiger partial charge >= 0.3 is 0 Å². The molecular weight excluding hydrogens is 258 g/mol. The summed E-state index contributed by atoms with van der Waals surface area (Å²) in [6, 6.07) is 3.40. The van der Waals surface area contributed by atoms with E-state index in [0.29, 0.717) is 17.0 Å². The van der Waals surface area contributed by atoms with Gasteiger partial charge in [0, 0.05) is 37.8 Å². The Kier molecular flexibility index (Phi) is 5.11. The Labute approximate surface area is 120 Å². The number of aryl methyl sites for hydroxylation is 1. The van der Waals surface area contributed by atoms with Crippen molar-refractivity contribution in [2.45, 2.75) is 33.2 Å². The van der Waals surface area contributed by atoms with Crippen LogP contribution in [0.1, 0.15) is 37.4 Å². The van der Waals surface area contributed by atoms with E-state index in [1.54, 1.807) is 19.1 Å². The lowest BCUT2D eigenvalue weighted by Crippen LogP contribution is -2.45. The lowest BCUT2D eigenvalue weighted by molar-refractivity contribution is 0.150. The quantitative estimate of drug-likeness (QED) is 0.912. The number of halogens is 2. The maximum atomic E-state index is 14.3. The number of benzene rings is 1. The molecule has 1 N–H and O–H groups in total. The highest BCUT2D eigenvalue weighted by molar-refractivity contribution is 5.28. The maximum absolute atomic E-state index is 14.3. The monoisotopic (exact) mass is 282 g/mol. The van der Waals surface area contributed by atoms with Crippen molar-refractivity contribution in [2.75, 3.05) is 26.2 Å². The van der Waals surface area contributed by atoms with Gasteiger partial charge in [-0.25, -0.2) is 8.78 Å². The molecule has 2 rings (SSSR count). The maximum Gasteiger partial charge on any atom is 0.163 e. The number of nitrogens with zero attached hydrogens (tertiary/aromatic N) is 1. The molecule has 1 aromatic rings. The van der Waals surface area contributed by atoms with Crippen LogP contribution in [0.25, 0.3) is 0 Å². The van der Waals surface area contributed by atoms with Crippen LogP contribution in [-0.4, -0.2) is 31.1 Å². The van der Waals surface area contributed by atoms with E-state index in [9.17, 15) is 8.78 Å². The van der Waals surface area contributed by atoms with Crippen molar-refractivity contribution in [1.29, 1.82) is 0 Å². The van der Waals surface area contributed by atoms with Gasteiger partial charge in [-0.2, -0.15) is 0 Å². The van der Waals surface area contributed by atoms with Crippen molar-refractivity contribution in [2.24, 2.45) is 5.92 Å². The van der Waals surface area contributed by atoms with Gasteiger partial charge in [0.05, 0.1) is 0 Å². The van der Waals surface area contributed by atoms with Crippen LogP contribution in [0.5, 0.6) is 0 Å². The fourth-order valence-corrected chi connectivity index (χ4v) is 2.83. The summed E-state index contributed by atoms with van der Waals surface area (Å²) in [5.41, 5.74) is 0.874. The molecule has 1 aliphatic rings. The van der Waals surface area contributed by atoms with Crippen LogP contribution in [0.4, 0.5) is 8.78 Å². The molecule has 0 spiro atoms. The van der Waals surface area contributed by atoms with E-state index in [1.165, 1.54) is 0 Å². The van der Waals surface area contributed by atoms with E-state index >= 15 is 0 Å². The first kappa shape index (κ1) is 15.4. The van der Waals surface area contributed by atoms with Crippen molar-refractivity contribution in [1.82, 2.24) is 10.2 Å². The first-order valence-electron chi connectivity index (χ1n) is 7.40. The molecule has 0 aliphatic carbocycles. The van der Waals surface area contributed by atoms with E-state index in [4.69, 9.17) is 0 Å². The topological polar surface area (TPSA) is 15.3 Å². The summed E-state index contributed by atoms with van der Waals surface area (Å²) in [6.07, 6.45) is 0.847. The predicted octanol–water partition coefficient (Wildman–Crippen LogP) is 3.27. The van der Waals surface area contributed by atoms with Gasteiger partial charge in [-0.3, -0.25) is 4.90 Å². The van der Waals surface area contributed by atoms with Crippen LogP contribution in [0.2, 0.25) is 0 Å². The zero-order chi connectivity index (χ0) is 14.7.